The quantitative estimate of drug-likeness (QED) is 0.0940. The molecular formula is C44H46N8O6. The second-order valence-electron chi connectivity index (χ2n) is 13.7. The first-order valence-corrected chi connectivity index (χ1v) is 18.6. The first-order chi connectivity index (χ1) is 28.0. The fourth-order valence-corrected chi connectivity index (χ4v) is 6.45. The van der Waals surface area contributed by atoms with Gasteiger partial charge in [-0.15, -0.1) is 0 Å². The van der Waals surface area contributed by atoms with Crippen LogP contribution in [-0.2, 0) is 19.1 Å². The van der Waals surface area contributed by atoms with E-state index in [1.807, 2.05) is 74.5 Å². The first-order valence-electron chi connectivity index (χ1n) is 18.6. The molecule has 4 atom stereocenters. The number of aromatic amines is 2. The Morgan fingerprint density at radius 1 is 0.534 bits per heavy atom. The molecule has 0 saturated carbocycles. The minimum Gasteiger partial charge on any atom is -0.453 e. The van der Waals surface area contributed by atoms with Crippen molar-refractivity contribution in [3.05, 3.63) is 144 Å². The molecule has 0 spiro atoms. The molecule has 0 aliphatic rings. The SMILES string of the molecule is COC(=O)N[C@H](C(=O)N(C)[C@@H](C)c1ncc(-c2ccc(-c3ccc(-c4cnc([C@@H](C)N(C)C(=O)[C@H](NC(=O)OC)c5ccccc5)[nH]4)cc3)cc2)[nH]1)c1ccccc1. The number of rotatable bonds is 13. The molecule has 0 aliphatic carbocycles. The second kappa shape index (κ2) is 18.2. The summed E-state index contributed by atoms with van der Waals surface area (Å²) < 4.78 is 9.54. The van der Waals surface area contributed by atoms with E-state index >= 15 is 0 Å². The number of nitrogens with one attached hydrogen (secondary N) is 4. The number of imidazole rings is 2. The fourth-order valence-electron chi connectivity index (χ4n) is 6.45. The van der Waals surface area contributed by atoms with Gasteiger partial charge < -0.3 is 39.9 Å². The summed E-state index contributed by atoms with van der Waals surface area (Å²) in [6.07, 6.45) is 2.07. The maximum atomic E-state index is 13.6. The Labute approximate surface area is 336 Å². The number of carbonyl (C=O) groups is 4. The van der Waals surface area contributed by atoms with Crippen LogP contribution in [0.25, 0.3) is 33.6 Å². The van der Waals surface area contributed by atoms with Gasteiger partial charge in [0, 0.05) is 14.1 Å². The van der Waals surface area contributed by atoms with E-state index in [2.05, 4.69) is 30.6 Å². The summed E-state index contributed by atoms with van der Waals surface area (Å²) in [5.41, 5.74) is 6.75. The largest absolute Gasteiger partial charge is 0.453 e. The zero-order valence-electron chi connectivity index (χ0n) is 33.1. The second-order valence-corrected chi connectivity index (χ2v) is 13.7. The Morgan fingerprint density at radius 2 is 0.862 bits per heavy atom. The third kappa shape index (κ3) is 9.07. The van der Waals surface area contributed by atoms with E-state index in [-0.39, 0.29) is 11.8 Å². The van der Waals surface area contributed by atoms with Gasteiger partial charge in [-0.25, -0.2) is 19.6 Å². The number of hydrogen-bond acceptors (Lipinski definition) is 8. The molecule has 298 valence electrons. The van der Waals surface area contributed by atoms with Crippen molar-refractivity contribution >= 4 is 24.0 Å². The number of aromatic nitrogens is 4. The molecule has 0 saturated heterocycles. The Hall–Kier alpha value is -7.22. The number of alkyl carbamates (subject to hydrolysis) is 2. The van der Waals surface area contributed by atoms with Crippen LogP contribution < -0.4 is 10.6 Å². The number of hydrogen-bond donors (Lipinski definition) is 4. The minimum atomic E-state index is -0.931. The summed E-state index contributed by atoms with van der Waals surface area (Å²) in [6, 6.07) is 31.5. The lowest BCUT2D eigenvalue weighted by Crippen LogP contribution is -2.42. The highest BCUT2D eigenvalue weighted by molar-refractivity contribution is 5.88. The van der Waals surface area contributed by atoms with Gasteiger partial charge in [-0.1, -0.05) is 109 Å². The number of amides is 4. The molecule has 0 unspecified atom stereocenters. The third-order valence-electron chi connectivity index (χ3n) is 10.2. The maximum absolute atomic E-state index is 13.6. The summed E-state index contributed by atoms with van der Waals surface area (Å²) in [6.45, 7) is 3.73. The molecule has 4 aromatic carbocycles. The van der Waals surface area contributed by atoms with E-state index in [0.717, 1.165) is 33.6 Å². The smallest absolute Gasteiger partial charge is 0.407 e. The molecule has 0 fully saturated rings. The zero-order valence-corrected chi connectivity index (χ0v) is 33.1. The van der Waals surface area contributed by atoms with Crippen LogP contribution in [0.5, 0.6) is 0 Å². The lowest BCUT2D eigenvalue weighted by atomic mass is 10.0. The van der Waals surface area contributed by atoms with Crippen molar-refractivity contribution in [1.29, 1.82) is 0 Å². The normalized spacial score (nSPS) is 13.0. The molecule has 0 aliphatic heterocycles. The Balaban J connectivity index is 1.10. The number of nitrogens with zero attached hydrogens (tertiary/aromatic N) is 4. The van der Waals surface area contributed by atoms with Gasteiger partial charge in [0.25, 0.3) is 0 Å². The molecule has 4 N–H and O–H groups in total. The number of methoxy groups -OCH3 is 2. The van der Waals surface area contributed by atoms with E-state index < -0.39 is 36.4 Å². The number of H-pyrrole nitrogens is 2. The van der Waals surface area contributed by atoms with Crippen LogP contribution in [0.4, 0.5) is 9.59 Å². The number of ether oxygens (including phenoxy) is 2. The van der Waals surface area contributed by atoms with E-state index in [1.54, 1.807) is 84.8 Å². The van der Waals surface area contributed by atoms with Gasteiger partial charge in [-0.05, 0) is 47.2 Å². The van der Waals surface area contributed by atoms with Gasteiger partial charge in [-0.3, -0.25) is 9.59 Å². The van der Waals surface area contributed by atoms with Gasteiger partial charge in [0.05, 0.1) is 50.1 Å². The monoisotopic (exact) mass is 782 g/mol. The Morgan fingerprint density at radius 3 is 1.19 bits per heavy atom. The lowest BCUT2D eigenvalue weighted by Gasteiger charge is -2.28. The van der Waals surface area contributed by atoms with Crippen LogP contribution in [0.2, 0.25) is 0 Å². The summed E-state index contributed by atoms with van der Waals surface area (Å²) in [5.74, 6) is 0.556. The van der Waals surface area contributed by atoms with Crippen LogP contribution in [-0.4, -0.2) is 82.1 Å². The van der Waals surface area contributed by atoms with Crippen LogP contribution in [0.3, 0.4) is 0 Å². The van der Waals surface area contributed by atoms with Crippen LogP contribution in [0.15, 0.2) is 122 Å². The van der Waals surface area contributed by atoms with E-state index in [9.17, 15) is 19.2 Å². The summed E-state index contributed by atoms with van der Waals surface area (Å²) in [7, 11) is 5.86. The highest BCUT2D eigenvalue weighted by atomic mass is 16.5. The van der Waals surface area contributed by atoms with Crippen molar-refractivity contribution in [3.63, 3.8) is 0 Å². The van der Waals surface area contributed by atoms with Crippen LogP contribution in [0.1, 0.15) is 60.8 Å². The number of carbonyl (C=O) groups excluding carboxylic acids is 4. The van der Waals surface area contributed by atoms with Gasteiger partial charge in [0.1, 0.15) is 23.7 Å². The number of benzene rings is 4. The zero-order chi connectivity index (χ0) is 41.3. The fraction of sp³-hybridized carbons (Fsp3) is 0.227. The van der Waals surface area contributed by atoms with E-state index in [0.29, 0.717) is 22.8 Å². The Bertz CT molecular complexity index is 2160. The molecule has 6 aromatic rings. The molecule has 14 heteroatoms. The van der Waals surface area contributed by atoms with E-state index in [4.69, 9.17) is 9.47 Å². The standard InChI is InChI=1S/C44H46N8O6/c1-27(51(3)41(53)37(49-43(55)57-5)33-13-9-7-10-14-33)39-45-25-35(47-39)31-21-17-29(18-22-31)30-19-23-32(24-20-30)36-26-46-40(48-36)28(2)52(4)42(54)38(50-44(56)58-6)34-15-11-8-12-16-34/h7-28,37-38H,1-6H3,(H,45,47)(H,46,48)(H,49,55)(H,50,56)/t27-,28+,37-,38+. The lowest BCUT2D eigenvalue weighted by molar-refractivity contribution is -0.135. The minimum absolute atomic E-state index is 0.317. The van der Waals surface area contributed by atoms with Crippen molar-refractivity contribution < 1.29 is 28.7 Å². The van der Waals surface area contributed by atoms with Crippen molar-refractivity contribution in [3.8, 4) is 33.6 Å². The van der Waals surface area contributed by atoms with Gasteiger partial charge in [-0.2, -0.15) is 0 Å². The third-order valence-corrected chi connectivity index (χ3v) is 10.2. The van der Waals surface area contributed by atoms with Crippen molar-refractivity contribution in [1.82, 2.24) is 40.4 Å². The Kier molecular flexibility index (Phi) is 12.7. The molecule has 0 bridgehead atoms. The highest BCUT2D eigenvalue weighted by Crippen LogP contribution is 2.30. The maximum Gasteiger partial charge on any atom is 0.407 e. The molecule has 0 radical (unpaired) electrons. The average Bonchev–Trinajstić information content (AvgIpc) is 3.98. The summed E-state index contributed by atoms with van der Waals surface area (Å²) in [4.78, 5) is 70.4. The molecule has 6 rings (SSSR count). The van der Waals surface area contributed by atoms with E-state index in [1.165, 1.54) is 14.2 Å². The first kappa shape index (κ1) is 40.4. The molecular weight excluding hydrogens is 737 g/mol. The van der Waals surface area contributed by atoms with Crippen LogP contribution in [0, 0.1) is 0 Å². The molecule has 2 aromatic heterocycles. The summed E-state index contributed by atoms with van der Waals surface area (Å²) >= 11 is 0. The van der Waals surface area contributed by atoms with Crippen molar-refractivity contribution in [2.75, 3.05) is 28.3 Å². The number of likely N-dealkylation sites (N-methyl/N-ethyl adjacent to an activating group) is 2. The van der Waals surface area contributed by atoms with Crippen molar-refractivity contribution in [2.45, 2.75) is 38.0 Å². The predicted molar refractivity (Wildman–Crippen MR) is 219 cm³/mol. The highest BCUT2D eigenvalue weighted by Gasteiger charge is 2.31. The average molecular weight is 783 g/mol. The van der Waals surface area contributed by atoms with Gasteiger partial charge >= 0.3 is 12.2 Å². The van der Waals surface area contributed by atoms with Gasteiger partial charge in [0.15, 0.2) is 0 Å². The summed E-state index contributed by atoms with van der Waals surface area (Å²) in [5, 5.41) is 5.29. The topological polar surface area (TPSA) is 175 Å². The van der Waals surface area contributed by atoms with Crippen LogP contribution >= 0.6 is 0 Å². The molecule has 2 heterocycles. The van der Waals surface area contributed by atoms with Crippen molar-refractivity contribution in [2.24, 2.45) is 0 Å². The van der Waals surface area contributed by atoms with Gasteiger partial charge in [0.2, 0.25) is 11.8 Å². The molecule has 14 nitrogen and oxygen atoms in total. The molecule has 58 heavy (non-hydrogen) atoms. The molecule has 4 amide bonds. The predicted octanol–water partition coefficient (Wildman–Crippen LogP) is 7.37.